The molecule has 0 unspecified atom stereocenters. The van der Waals surface area contributed by atoms with Crippen LogP contribution in [0.1, 0.15) is 38.3 Å². The van der Waals surface area contributed by atoms with Crippen LogP contribution in [0.25, 0.3) is 0 Å². The van der Waals surface area contributed by atoms with E-state index in [1.807, 2.05) is 0 Å². The number of benzene rings is 1. The molecule has 1 spiro atoms. The van der Waals surface area contributed by atoms with Crippen LogP contribution in [-0.4, -0.2) is 65.5 Å². The van der Waals surface area contributed by atoms with Gasteiger partial charge in [-0.1, -0.05) is 6.07 Å². The van der Waals surface area contributed by atoms with Crippen LogP contribution in [0.15, 0.2) is 36.4 Å². The third kappa shape index (κ3) is 4.15. The first kappa shape index (κ1) is 22.4. The number of ether oxygens (including phenoxy) is 1. The summed E-state index contributed by atoms with van der Waals surface area (Å²) in [6, 6.07) is 9.28. The minimum atomic E-state index is -3.73. The van der Waals surface area contributed by atoms with Crippen molar-refractivity contribution < 1.29 is 22.7 Å². The molecule has 0 bridgehead atoms. The molecule has 1 aromatic heterocycles. The topological polar surface area (TPSA) is 86.2 Å². The standard InChI is InChI=1S/C23H29FN4O4S/c1-16-13-23(15-26(2)33(30,31)28(23)19-5-3-4-17(24)12-19)10-11-27(16)14-18-6-9-21(29)22(25-18)32-20-7-8-20/h3-6,9,12,16,20,29H,7-8,10-11,13-15H2,1-2H3/t16-,23+/m0/s1. The molecule has 0 radical (unpaired) electrons. The van der Waals surface area contributed by atoms with Crippen LogP contribution in [0.4, 0.5) is 10.1 Å². The van der Waals surface area contributed by atoms with Crippen molar-refractivity contribution in [1.29, 1.82) is 0 Å². The number of hydrogen-bond acceptors (Lipinski definition) is 6. The zero-order chi connectivity index (χ0) is 23.4. The van der Waals surface area contributed by atoms with Gasteiger partial charge in [0.15, 0.2) is 5.75 Å². The van der Waals surface area contributed by atoms with Gasteiger partial charge in [-0.3, -0.25) is 9.21 Å². The molecule has 10 heteroatoms. The predicted octanol–water partition coefficient (Wildman–Crippen LogP) is 2.89. The van der Waals surface area contributed by atoms with Gasteiger partial charge in [-0.25, -0.2) is 9.37 Å². The Morgan fingerprint density at radius 3 is 2.76 bits per heavy atom. The Hall–Kier alpha value is -2.43. The van der Waals surface area contributed by atoms with Gasteiger partial charge in [-0.05, 0) is 62.9 Å². The van der Waals surface area contributed by atoms with Crippen molar-refractivity contribution in [2.45, 2.75) is 56.8 Å². The third-order valence-corrected chi connectivity index (χ3v) is 8.82. The number of halogens is 1. The first-order chi connectivity index (χ1) is 15.7. The molecule has 178 valence electrons. The number of nitrogens with zero attached hydrogens (tertiary/aromatic N) is 4. The average molecular weight is 477 g/mol. The normalized spacial score (nSPS) is 27.8. The Balaban J connectivity index is 1.37. The van der Waals surface area contributed by atoms with E-state index in [-0.39, 0.29) is 23.8 Å². The van der Waals surface area contributed by atoms with Gasteiger partial charge in [-0.2, -0.15) is 12.7 Å². The molecule has 8 nitrogen and oxygen atoms in total. The van der Waals surface area contributed by atoms with Crippen molar-refractivity contribution in [2.75, 3.05) is 24.4 Å². The van der Waals surface area contributed by atoms with Gasteiger partial charge in [0.2, 0.25) is 0 Å². The molecular formula is C23H29FN4O4S. The van der Waals surface area contributed by atoms with Crippen molar-refractivity contribution in [3.05, 3.63) is 47.9 Å². The number of rotatable bonds is 5. The van der Waals surface area contributed by atoms with Gasteiger partial charge < -0.3 is 9.84 Å². The van der Waals surface area contributed by atoms with Crippen LogP contribution in [0, 0.1) is 5.82 Å². The molecule has 3 heterocycles. The molecule has 2 atom stereocenters. The average Bonchev–Trinajstić information content (AvgIpc) is 3.53. The van der Waals surface area contributed by atoms with Crippen molar-refractivity contribution in [2.24, 2.45) is 0 Å². The maximum Gasteiger partial charge on any atom is 0.304 e. The highest BCUT2D eigenvalue weighted by Gasteiger charge is 2.55. The monoisotopic (exact) mass is 476 g/mol. The fourth-order valence-corrected chi connectivity index (χ4v) is 6.84. The quantitative estimate of drug-likeness (QED) is 0.714. The Bertz CT molecular complexity index is 1160. The highest BCUT2D eigenvalue weighted by atomic mass is 32.2. The molecule has 3 fully saturated rings. The fourth-order valence-electron chi connectivity index (χ4n) is 5.07. The van der Waals surface area contributed by atoms with Crippen molar-refractivity contribution >= 4 is 15.9 Å². The molecule has 1 aliphatic carbocycles. The number of aromatic hydroxyl groups is 1. The predicted molar refractivity (Wildman–Crippen MR) is 122 cm³/mol. The molecular weight excluding hydrogens is 447 g/mol. The summed E-state index contributed by atoms with van der Waals surface area (Å²) < 4.78 is 48.8. The summed E-state index contributed by atoms with van der Waals surface area (Å²) in [6.07, 6.45) is 3.32. The van der Waals surface area contributed by atoms with Gasteiger partial charge >= 0.3 is 10.2 Å². The molecule has 2 saturated heterocycles. The zero-order valence-electron chi connectivity index (χ0n) is 18.8. The van der Waals surface area contributed by atoms with E-state index in [2.05, 4.69) is 16.8 Å². The van der Waals surface area contributed by atoms with Crippen molar-refractivity contribution in [1.82, 2.24) is 14.2 Å². The van der Waals surface area contributed by atoms with E-state index in [1.165, 1.54) is 20.7 Å². The highest BCUT2D eigenvalue weighted by molar-refractivity contribution is 7.90. The minimum Gasteiger partial charge on any atom is -0.503 e. The van der Waals surface area contributed by atoms with Crippen molar-refractivity contribution in [3.8, 4) is 11.6 Å². The number of likely N-dealkylation sites (N-methyl/N-ethyl adjacent to an activating group) is 1. The largest absolute Gasteiger partial charge is 0.503 e. The molecule has 1 N–H and O–H groups in total. The third-order valence-electron chi connectivity index (χ3n) is 6.84. The summed E-state index contributed by atoms with van der Waals surface area (Å²) in [5.74, 6) is -0.140. The number of likely N-dealkylation sites (tertiary alicyclic amines) is 1. The fraction of sp³-hybridized carbons (Fsp3) is 0.522. The molecule has 1 aromatic carbocycles. The van der Waals surface area contributed by atoms with Crippen molar-refractivity contribution in [3.63, 3.8) is 0 Å². The van der Waals surface area contributed by atoms with Crippen LogP contribution in [-0.2, 0) is 16.8 Å². The smallest absolute Gasteiger partial charge is 0.304 e. The Kier molecular flexibility index (Phi) is 5.49. The molecule has 1 saturated carbocycles. The Morgan fingerprint density at radius 2 is 2.06 bits per heavy atom. The SMILES string of the molecule is C[C@H]1C[C@]2(CCN1Cc1ccc(O)c(OC3CC3)n1)CN(C)S(=O)(=O)N2c1cccc(F)c1. The van der Waals surface area contributed by atoms with E-state index in [1.54, 1.807) is 31.3 Å². The van der Waals surface area contributed by atoms with Gasteiger partial charge in [-0.15, -0.1) is 0 Å². The second-order valence-corrected chi connectivity index (χ2v) is 11.3. The van der Waals surface area contributed by atoms with Crippen LogP contribution in [0.2, 0.25) is 0 Å². The van der Waals surface area contributed by atoms with E-state index >= 15 is 0 Å². The molecule has 2 aliphatic heterocycles. The molecule has 3 aliphatic rings. The van der Waals surface area contributed by atoms with E-state index in [4.69, 9.17) is 4.74 Å². The number of hydrogen-bond donors (Lipinski definition) is 1. The maximum absolute atomic E-state index is 14.0. The summed E-state index contributed by atoms with van der Waals surface area (Å²) in [7, 11) is -2.16. The Morgan fingerprint density at radius 1 is 1.27 bits per heavy atom. The summed E-state index contributed by atoms with van der Waals surface area (Å²) in [4.78, 5) is 6.77. The summed E-state index contributed by atoms with van der Waals surface area (Å²) in [6.45, 7) is 3.68. The number of piperidine rings is 1. The lowest BCUT2D eigenvalue weighted by molar-refractivity contribution is 0.0989. The second kappa shape index (κ2) is 8.11. The van der Waals surface area contributed by atoms with Gasteiger partial charge in [0.25, 0.3) is 5.88 Å². The highest BCUT2D eigenvalue weighted by Crippen LogP contribution is 2.44. The van der Waals surface area contributed by atoms with E-state index in [0.717, 1.165) is 18.5 Å². The Labute approximate surface area is 193 Å². The first-order valence-electron chi connectivity index (χ1n) is 11.3. The lowest BCUT2D eigenvalue weighted by Crippen LogP contribution is -2.57. The van der Waals surface area contributed by atoms with Gasteiger partial charge in [0.1, 0.15) is 11.9 Å². The van der Waals surface area contributed by atoms with Crippen LogP contribution < -0.4 is 9.04 Å². The summed E-state index contributed by atoms with van der Waals surface area (Å²) in [5.41, 5.74) is 0.520. The van der Waals surface area contributed by atoms with Gasteiger partial charge in [0, 0.05) is 32.7 Å². The van der Waals surface area contributed by atoms with Crippen LogP contribution >= 0.6 is 0 Å². The minimum absolute atomic E-state index is 0.0428. The first-order valence-corrected chi connectivity index (χ1v) is 12.7. The number of anilines is 1. The maximum atomic E-state index is 14.0. The van der Waals surface area contributed by atoms with E-state index in [9.17, 15) is 17.9 Å². The van der Waals surface area contributed by atoms with Crippen LogP contribution in [0.5, 0.6) is 11.6 Å². The molecule has 33 heavy (non-hydrogen) atoms. The van der Waals surface area contributed by atoms with E-state index < -0.39 is 21.6 Å². The number of aromatic nitrogens is 1. The second-order valence-electron chi connectivity index (χ2n) is 9.45. The van der Waals surface area contributed by atoms with E-state index in [0.29, 0.717) is 38.2 Å². The summed E-state index contributed by atoms with van der Waals surface area (Å²) in [5, 5.41) is 10.0. The lowest BCUT2D eigenvalue weighted by atomic mass is 9.83. The molecule has 2 aromatic rings. The van der Waals surface area contributed by atoms with Crippen LogP contribution in [0.3, 0.4) is 0 Å². The lowest BCUT2D eigenvalue weighted by Gasteiger charge is -2.47. The zero-order valence-corrected chi connectivity index (χ0v) is 19.6. The van der Waals surface area contributed by atoms with Gasteiger partial charge in [0.05, 0.1) is 16.9 Å². The summed E-state index contributed by atoms with van der Waals surface area (Å²) >= 11 is 0. The molecule has 5 rings (SSSR count). The molecule has 0 amide bonds. The number of pyridine rings is 1.